The van der Waals surface area contributed by atoms with Crippen LogP contribution < -0.4 is 4.74 Å². The number of sulfonamides is 1. The third kappa shape index (κ3) is 3.88. The van der Waals surface area contributed by atoms with Gasteiger partial charge in [-0.2, -0.15) is 9.29 Å². The Morgan fingerprint density at radius 3 is 2.59 bits per heavy atom. The van der Waals surface area contributed by atoms with Crippen molar-refractivity contribution in [1.29, 1.82) is 0 Å². The van der Waals surface area contributed by atoms with Crippen molar-refractivity contribution >= 4 is 58.8 Å². The van der Waals surface area contributed by atoms with Crippen LogP contribution in [0.15, 0.2) is 32.3 Å². The summed E-state index contributed by atoms with van der Waals surface area (Å²) in [6.45, 7) is 0.660. The number of piperidine rings is 1. The van der Waals surface area contributed by atoms with Crippen LogP contribution in [0.1, 0.15) is 12.8 Å². The highest BCUT2D eigenvalue weighted by atomic mass is 79.9. The van der Waals surface area contributed by atoms with Crippen LogP contribution in [0.4, 0.5) is 8.78 Å². The van der Waals surface area contributed by atoms with Gasteiger partial charge in [-0.3, -0.25) is 0 Å². The number of rotatable bonds is 4. The van der Waals surface area contributed by atoms with E-state index in [2.05, 4.69) is 20.9 Å². The maximum Gasteiger partial charge on any atom is 0.274 e. The Kier molecular flexibility index (Phi) is 5.23. The summed E-state index contributed by atoms with van der Waals surface area (Å²) in [6.07, 6.45) is 0.775. The number of nitrogens with zero attached hydrogens (tertiary/aromatic N) is 2. The van der Waals surface area contributed by atoms with E-state index in [9.17, 15) is 17.2 Å². The molecule has 0 aliphatic carbocycles. The maximum atomic E-state index is 13.8. The summed E-state index contributed by atoms with van der Waals surface area (Å²) >= 11 is 5.53. The molecule has 1 aromatic carbocycles. The standard InChI is InChI=1S/C16H13BrF2N2O3S3/c17-13-1-2-14(26-13)27(22,23)21-5-3-10(4-6-21)24-16-20-15-11(19)7-9(18)8-12(15)25-16/h1-2,7-8,10H,3-6H2. The minimum Gasteiger partial charge on any atom is -0.467 e. The van der Waals surface area contributed by atoms with Gasteiger partial charge in [0.1, 0.15) is 21.6 Å². The van der Waals surface area contributed by atoms with Gasteiger partial charge in [-0.15, -0.1) is 11.3 Å². The van der Waals surface area contributed by atoms with E-state index < -0.39 is 21.7 Å². The molecule has 11 heteroatoms. The number of hydrogen-bond donors (Lipinski definition) is 0. The lowest BCUT2D eigenvalue weighted by atomic mass is 10.1. The van der Waals surface area contributed by atoms with Crippen molar-refractivity contribution < 1.29 is 21.9 Å². The van der Waals surface area contributed by atoms with E-state index >= 15 is 0 Å². The van der Waals surface area contributed by atoms with E-state index in [0.717, 1.165) is 21.2 Å². The number of ether oxygens (including phenoxy) is 1. The second-order valence-electron chi connectivity index (χ2n) is 5.99. The van der Waals surface area contributed by atoms with E-state index in [0.29, 0.717) is 34.8 Å². The minimum atomic E-state index is -3.51. The largest absolute Gasteiger partial charge is 0.467 e. The third-order valence-electron chi connectivity index (χ3n) is 4.20. The van der Waals surface area contributed by atoms with Crippen molar-refractivity contribution in [2.45, 2.75) is 23.2 Å². The fourth-order valence-corrected chi connectivity index (χ4v) is 7.44. The molecule has 0 atom stereocenters. The van der Waals surface area contributed by atoms with E-state index in [1.165, 1.54) is 21.7 Å². The van der Waals surface area contributed by atoms with Gasteiger partial charge in [0.05, 0.1) is 8.49 Å². The Morgan fingerprint density at radius 1 is 1.19 bits per heavy atom. The van der Waals surface area contributed by atoms with E-state index in [1.54, 1.807) is 12.1 Å². The third-order valence-corrected chi connectivity index (χ3v) is 9.09. The van der Waals surface area contributed by atoms with Gasteiger partial charge in [-0.25, -0.2) is 17.2 Å². The smallest absolute Gasteiger partial charge is 0.274 e. The van der Waals surface area contributed by atoms with Crippen LogP contribution in [-0.4, -0.2) is 36.9 Å². The van der Waals surface area contributed by atoms with Gasteiger partial charge in [-0.05, 0) is 47.0 Å². The van der Waals surface area contributed by atoms with Gasteiger partial charge in [0.15, 0.2) is 5.82 Å². The zero-order chi connectivity index (χ0) is 19.2. The van der Waals surface area contributed by atoms with Crippen molar-refractivity contribution in [1.82, 2.24) is 9.29 Å². The highest BCUT2D eigenvalue weighted by Crippen LogP contribution is 2.33. The molecule has 3 aromatic rings. The number of benzene rings is 1. The summed E-state index contributed by atoms with van der Waals surface area (Å²) in [5, 5.41) is 0.262. The molecule has 0 bridgehead atoms. The predicted octanol–water partition coefficient (Wildman–Crippen LogP) is 4.63. The van der Waals surface area contributed by atoms with Crippen molar-refractivity contribution in [3.05, 3.63) is 39.7 Å². The molecule has 0 amide bonds. The van der Waals surface area contributed by atoms with Crippen LogP contribution in [-0.2, 0) is 10.0 Å². The molecular formula is C16H13BrF2N2O3S3. The summed E-state index contributed by atoms with van der Waals surface area (Å²) < 4.78 is 61.0. The molecular weight excluding hydrogens is 482 g/mol. The summed E-state index contributed by atoms with van der Waals surface area (Å²) in [5.74, 6) is -1.38. The van der Waals surface area contributed by atoms with Crippen LogP contribution in [0, 0.1) is 11.6 Å². The summed E-state index contributed by atoms with van der Waals surface area (Å²) in [4.78, 5) is 4.08. The normalized spacial score (nSPS) is 16.9. The van der Waals surface area contributed by atoms with Crippen molar-refractivity contribution in [3.63, 3.8) is 0 Å². The lowest BCUT2D eigenvalue weighted by Crippen LogP contribution is -2.41. The molecule has 144 valence electrons. The molecule has 0 spiro atoms. The molecule has 1 saturated heterocycles. The molecule has 0 unspecified atom stereocenters. The van der Waals surface area contributed by atoms with Gasteiger partial charge in [0.25, 0.3) is 15.2 Å². The van der Waals surface area contributed by atoms with Gasteiger partial charge in [0, 0.05) is 19.2 Å². The molecule has 0 radical (unpaired) electrons. The van der Waals surface area contributed by atoms with Crippen molar-refractivity contribution in [2.24, 2.45) is 0 Å². The van der Waals surface area contributed by atoms with Crippen LogP contribution in [0.5, 0.6) is 5.19 Å². The van der Waals surface area contributed by atoms with Gasteiger partial charge >= 0.3 is 0 Å². The Labute approximate surface area is 170 Å². The fourth-order valence-electron chi connectivity index (χ4n) is 2.88. The van der Waals surface area contributed by atoms with E-state index in [4.69, 9.17) is 4.74 Å². The summed E-state index contributed by atoms with van der Waals surface area (Å²) in [5.41, 5.74) is 0.0830. The molecule has 1 aliphatic rings. The Bertz CT molecular complexity index is 1090. The first-order valence-electron chi connectivity index (χ1n) is 8.00. The van der Waals surface area contributed by atoms with Gasteiger partial charge in [-0.1, -0.05) is 11.3 Å². The first-order chi connectivity index (χ1) is 12.8. The molecule has 1 fully saturated rings. The number of hydrogen-bond acceptors (Lipinski definition) is 6. The predicted molar refractivity (Wildman–Crippen MR) is 104 cm³/mol. The molecule has 4 rings (SSSR count). The summed E-state index contributed by atoms with van der Waals surface area (Å²) in [7, 11) is -3.51. The molecule has 1 aliphatic heterocycles. The minimum absolute atomic E-state index is 0.0830. The van der Waals surface area contributed by atoms with Crippen molar-refractivity contribution in [3.8, 4) is 5.19 Å². The zero-order valence-corrected chi connectivity index (χ0v) is 17.7. The van der Waals surface area contributed by atoms with Crippen LogP contribution in [0.3, 0.4) is 0 Å². The first kappa shape index (κ1) is 19.2. The number of halogens is 3. The van der Waals surface area contributed by atoms with Gasteiger partial charge in [0.2, 0.25) is 0 Å². The number of aromatic nitrogens is 1. The summed E-state index contributed by atoms with van der Waals surface area (Å²) in [6, 6.07) is 5.30. The number of fused-ring (bicyclic) bond motifs is 1. The second-order valence-corrected chi connectivity index (χ2v) is 11.6. The Hall–Kier alpha value is -1.14. The highest BCUT2D eigenvalue weighted by Gasteiger charge is 2.31. The molecule has 2 aromatic heterocycles. The molecule has 0 N–H and O–H groups in total. The van der Waals surface area contributed by atoms with Crippen LogP contribution >= 0.6 is 38.6 Å². The van der Waals surface area contributed by atoms with Gasteiger partial charge < -0.3 is 4.74 Å². The lowest BCUT2D eigenvalue weighted by molar-refractivity contribution is 0.135. The topological polar surface area (TPSA) is 59.5 Å². The molecule has 3 heterocycles. The molecule has 27 heavy (non-hydrogen) atoms. The average Bonchev–Trinajstić information content (AvgIpc) is 3.22. The molecule has 5 nitrogen and oxygen atoms in total. The second kappa shape index (κ2) is 7.36. The van der Waals surface area contributed by atoms with Crippen LogP contribution in [0.2, 0.25) is 0 Å². The lowest BCUT2D eigenvalue weighted by Gasteiger charge is -2.30. The number of thiazole rings is 1. The first-order valence-corrected chi connectivity index (χ1v) is 11.9. The average molecular weight is 495 g/mol. The Balaban J connectivity index is 1.43. The quantitative estimate of drug-likeness (QED) is 0.530. The zero-order valence-electron chi connectivity index (χ0n) is 13.7. The SMILES string of the molecule is O=S(=O)(c1ccc(Br)s1)N1CCC(Oc2nc3c(F)cc(F)cc3s2)CC1. The van der Waals surface area contributed by atoms with Crippen molar-refractivity contribution in [2.75, 3.05) is 13.1 Å². The highest BCUT2D eigenvalue weighted by molar-refractivity contribution is 9.11. The van der Waals surface area contributed by atoms with Crippen LogP contribution in [0.25, 0.3) is 10.2 Å². The maximum absolute atomic E-state index is 13.8. The van der Waals surface area contributed by atoms with E-state index in [1.807, 2.05) is 0 Å². The van der Waals surface area contributed by atoms with E-state index in [-0.39, 0.29) is 16.8 Å². The number of thiophene rings is 1. The fraction of sp³-hybridized carbons (Fsp3) is 0.312. The molecule has 0 saturated carbocycles. The monoisotopic (exact) mass is 494 g/mol. The Morgan fingerprint density at radius 2 is 1.93 bits per heavy atom.